The van der Waals surface area contributed by atoms with Crippen LogP contribution in [0.3, 0.4) is 0 Å². The average Bonchev–Trinajstić information content (AvgIpc) is 2.64. The number of hydrogen-bond acceptors (Lipinski definition) is 6. The number of carbonyl (C=O) groups is 3. The van der Waals surface area contributed by atoms with Crippen LogP contribution >= 0.6 is 11.8 Å². The number of benzene rings is 2. The molecule has 0 bridgehead atoms. The molecule has 0 fully saturated rings. The highest BCUT2D eigenvalue weighted by Crippen LogP contribution is 2.31. The first-order valence-electron chi connectivity index (χ1n) is 7.80. The van der Waals surface area contributed by atoms with Crippen molar-refractivity contribution in [2.45, 2.75) is 17.9 Å². The van der Waals surface area contributed by atoms with Gasteiger partial charge < -0.3 is 10.4 Å². The number of rotatable bonds is 8. The van der Waals surface area contributed by atoms with Gasteiger partial charge >= 0.3 is 5.97 Å². The largest absolute Gasteiger partial charge is 0.480 e. The Morgan fingerprint density at radius 2 is 1.81 bits per heavy atom. The Kier molecular flexibility index (Phi) is 6.67. The minimum atomic E-state index is -1.24. The van der Waals surface area contributed by atoms with E-state index in [1.807, 2.05) is 0 Å². The number of amides is 1. The van der Waals surface area contributed by atoms with Crippen LogP contribution in [0.1, 0.15) is 22.8 Å². The molecule has 1 unspecified atom stereocenters. The molecule has 1 atom stereocenters. The molecular weight excluding hydrogens is 372 g/mol. The van der Waals surface area contributed by atoms with Crippen LogP contribution in [-0.4, -0.2) is 39.5 Å². The molecule has 0 aliphatic rings. The summed E-state index contributed by atoms with van der Waals surface area (Å²) < 4.78 is 0. The fourth-order valence-corrected chi connectivity index (χ4v) is 3.29. The number of nitrogens with zero attached hydrogens (tertiary/aromatic N) is 1. The van der Waals surface area contributed by atoms with Gasteiger partial charge in [-0.3, -0.25) is 19.7 Å². The summed E-state index contributed by atoms with van der Waals surface area (Å²) in [6, 6.07) is 11.2. The molecule has 0 heterocycles. The van der Waals surface area contributed by atoms with E-state index in [0.29, 0.717) is 5.56 Å². The number of aliphatic carboxylic acids is 1. The molecule has 1 amide bonds. The first-order valence-corrected chi connectivity index (χ1v) is 8.79. The van der Waals surface area contributed by atoms with Gasteiger partial charge in [0.2, 0.25) is 5.91 Å². The molecule has 8 nitrogen and oxygen atoms in total. The van der Waals surface area contributed by atoms with Crippen LogP contribution in [-0.2, 0) is 9.59 Å². The maximum Gasteiger partial charge on any atom is 0.327 e. The molecule has 0 aliphatic carbocycles. The summed E-state index contributed by atoms with van der Waals surface area (Å²) in [5.41, 5.74) is 0.270. The third-order valence-corrected chi connectivity index (χ3v) is 4.69. The normalized spacial score (nSPS) is 11.4. The number of carbonyl (C=O) groups excluding carboxylic acids is 2. The highest BCUT2D eigenvalue weighted by Gasteiger charge is 2.23. The lowest BCUT2D eigenvalue weighted by Crippen LogP contribution is -2.41. The molecule has 140 valence electrons. The van der Waals surface area contributed by atoms with Crippen LogP contribution in [0.5, 0.6) is 0 Å². The standard InChI is InChI=1S/C18H16N2O6S/c1-11(21)19-14(18(23)24)10-27-16-8-7-13(9-15(16)20(25)26)17(22)12-5-3-2-4-6-12/h2-9,14H,10H2,1H3,(H,19,21)(H,23,24). The van der Waals surface area contributed by atoms with E-state index < -0.39 is 22.8 Å². The maximum atomic E-state index is 12.5. The van der Waals surface area contributed by atoms with Crippen molar-refractivity contribution in [2.75, 3.05) is 5.75 Å². The summed E-state index contributed by atoms with van der Waals surface area (Å²) in [5.74, 6) is -2.20. The van der Waals surface area contributed by atoms with Gasteiger partial charge in [-0.2, -0.15) is 0 Å². The molecule has 0 radical (unpaired) electrons. The molecule has 0 saturated carbocycles. The van der Waals surface area contributed by atoms with Crippen LogP contribution in [0.4, 0.5) is 5.69 Å². The van der Waals surface area contributed by atoms with Gasteiger partial charge in [0.1, 0.15) is 6.04 Å². The van der Waals surface area contributed by atoms with Gasteiger partial charge in [-0.05, 0) is 12.1 Å². The van der Waals surface area contributed by atoms with Gasteiger partial charge in [-0.15, -0.1) is 11.8 Å². The summed E-state index contributed by atoms with van der Waals surface area (Å²) in [4.78, 5) is 45.7. The zero-order valence-corrected chi connectivity index (χ0v) is 15.1. The number of nitrogens with one attached hydrogen (secondary N) is 1. The lowest BCUT2D eigenvalue weighted by atomic mass is 10.0. The third-order valence-electron chi connectivity index (χ3n) is 3.53. The van der Waals surface area contributed by atoms with Crippen molar-refractivity contribution in [3.8, 4) is 0 Å². The van der Waals surface area contributed by atoms with Crippen molar-refractivity contribution >= 4 is 35.1 Å². The van der Waals surface area contributed by atoms with Gasteiger partial charge in [0.25, 0.3) is 5.69 Å². The molecule has 2 aromatic carbocycles. The number of carboxylic acids is 1. The smallest absolute Gasteiger partial charge is 0.327 e. The van der Waals surface area contributed by atoms with Gasteiger partial charge in [-0.25, -0.2) is 4.79 Å². The Morgan fingerprint density at radius 1 is 1.15 bits per heavy atom. The van der Waals surface area contributed by atoms with Crippen LogP contribution in [0.15, 0.2) is 53.4 Å². The fraction of sp³-hybridized carbons (Fsp3) is 0.167. The topological polar surface area (TPSA) is 127 Å². The Balaban J connectivity index is 2.25. The van der Waals surface area contributed by atoms with Crippen LogP contribution in [0.25, 0.3) is 0 Å². The fourth-order valence-electron chi connectivity index (χ4n) is 2.27. The van der Waals surface area contributed by atoms with Gasteiger partial charge in [0.15, 0.2) is 5.78 Å². The minimum Gasteiger partial charge on any atom is -0.480 e. The van der Waals surface area contributed by atoms with E-state index >= 15 is 0 Å². The molecule has 9 heteroatoms. The molecule has 2 aromatic rings. The van der Waals surface area contributed by atoms with E-state index in [2.05, 4.69) is 5.32 Å². The molecule has 0 aliphatic heterocycles. The van der Waals surface area contributed by atoms with Crippen LogP contribution in [0.2, 0.25) is 0 Å². The second-order valence-corrected chi connectivity index (χ2v) is 6.60. The molecule has 2 rings (SSSR count). The van der Waals surface area contributed by atoms with Crippen LogP contribution < -0.4 is 5.32 Å². The Hall–Kier alpha value is -3.20. The number of thioether (sulfide) groups is 1. The van der Waals surface area contributed by atoms with Crippen molar-refractivity contribution in [3.05, 3.63) is 69.8 Å². The molecular formula is C18H16N2O6S. The molecule has 27 heavy (non-hydrogen) atoms. The Labute approximate surface area is 158 Å². The van der Waals surface area contributed by atoms with Crippen molar-refractivity contribution in [2.24, 2.45) is 0 Å². The molecule has 2 N–H and O–H groups in total. The third kappa shape index (κ3) is 5.38. The summed E-state index contributed by atoms with van der Waals surface area (Å²) in [6.07, 6.45) is 0. The van der Waals surface area contributed by atoms with E-state index in [1.165, 1.54) is 25.1 Å². The molecule has 0 saturated heterocycles. The first kappa shape index (κ1) is 20.1. The summed E-state index contributed by atoms with van der Waals surface area (Å²) in [7, 11) is 0. The van der Waals surface area contributed by atoms with E-state index in [1.54, 1.807) is 30.3 Å². The number of nitro benzene ring substituents is 1. The summed E-state index contributed by atoms with van der Waals surface area (Å²) in [5, 5.41) is 22.8. The van der Waals surface area contributed by atoms with Crippen molar-refractivity contribution < 1.29 is 24.4 Å². The van der Waals surface area contributed by atoms with E-state index in [9.17, 15) is 24.5 Å². The SMILES string of the molecule is CC(=O)NC(CSc1ccc(C(=O)c2ccccc2)cc1[N+](=O)[O-])C(=O)O. The van der Waals surface area contributed by atoms with Crippen molar-refractivity contribution in [1.29, 1.82) is 0 Å². The zero-order valence-electron chi connectivity index (χ0n) is 14.2. The van der Waals surface area contributed by atoms with E-state index in [0.717, 1.165) is 11.8 Å². The minimum absolute atomic E-state index is 0.0955. The van der Waals surface area contributed by atoms with Gasteiger partial charge in [0.05, 0.1) is 9.82 Å². The number of nitro groups is 1. The zero-order chi connectivity index (χ0) is 20.0. The van der Waals surface area contributed by atoms with Crippen LogP contribution in [0, 0.1) is 10.1 Å². The highest BCUT2D eigenvalue weighted by molar-refractivity contribution is 7.99. The quantitative estimate of drug-likeness (QED) is 0.308. The van der Waals surface area contributed by atoms with E-state index in [-0.39, 0.29) is 27.7 Å². The van der Waals surface area contributed by atoms with E-state index in [4.69, 9.17) is 5.11 Å². The van der Waals surface area contributed by atoms with Crippen molar-refractivity contribution in [3.63, 3.8) is 0 Å². The molecule has 0 aromatic heterocycles. The average molecular weight is 388 g/mol. The number of hydrogen-bond donors (Lipinski definition) is 2. The highest BCUT2D eigenvalue weighted by atomic mass is 32.2. The number of carboxylic acid groups (broad SMARTS) is 1. The number of ketones is 1. The second kappa shape index (κ2) is 8.95. The lowest BCUT2D eigenvalue weighted by molar-refractivity contribution is -0.387. The first-order chi connectivity index (χ1) is 12.8. The predicted molar refractivity (Wildman–Crippen MR) is 98.9 cm³/mol. The summed E-state index contributed by atoms with van der Waals surface area (Å²) in [6.45, 7) is 1.19. The summed E-state index contributed by atoms with van der Waals surface area (Å²) >= 11 is 0.922. The molecule has 0 spiro atoms. The monoisotopic (exact) mass is 388 g/mol. The maximum absolute atomic E-state index is 12.5. The second-order valence-electron chi connectivity index (χ2n) is 5.54. The van der Waals surface area contributed by atoms with Gasteiger partial charge in [-0.1, -0.05) is 30.3 Å². The lowest BCUT2D eigenvalue weighted by Gasteiger charge is -2.13. The predicted octanol–water partition coefficient (Wildman–Crippen LogP) is 2.51. The van der Waals surface area contributed by atoms with Crippen molar-refractivity contribution in [1.82, 2.24) is 5.32 Å². The Bertz CT molecular complexity index is 885. The van der Waals surface area contributed by atoms with Gasteiger partial charge in [0, 0.05) is 29.9 Å². The Morgan fingerprint density at radius 3 is 2.37 bits per heavy atom.